The molecule has 0 aromatic heterocycles. The largest absolute Gasteiger partial charge is 1.00 e. The van der Waals surface area contributed by atoms with E-state index in [1.807, 2.05) is 13.0 Å². The van der Waals surface area contributed by atoms with Gasteiger partial charge in [0.15, 0.2) is 0 Å². The Morgan fingerprint density at radius 3 is 2.08 bits per heavy atom. The molecule has 0 aliphatic rings. The van der Waals surface area contributed by atoms with Gasteiger partial charge in [0.05, 0.1) is 0 Å². The van der Waals surface area contributed by atoms with Gasteiger partial charge in [-0.25, -0.2) is 0 Å². The minimum Gasteiger partial charge on any atom is -0.889 e. The van der Waals surface area contributed by atoms with Gasteiger partial charge in [0.1, 0.15) is 0 Å². The van der Waals surface area contributed by atoms with Gasteiger partial charge in [0.2, 0.25) is 0 Å². The molecule has 0 fully saturated rings. The number of hydrogen-bond acceptors (Lipinski definition) is 2. The first-order valence-electron chi connectivity index (χ1n) is 3.08. The summed E-state index contributed by atoms with van der Waals surface area (Å²) in [4.78, 5) is 0. The third-order valence-electron chi connectivity index (χ3n) is 1.31. The summed E-state index contributed by atoms with van der Waals surface area (Å²) < 4.78 is 0. The second-order valence-corrected chi connectivity index (χ2v) is 2.25. The molecule has 12 heavy (non-hydrogen) atoms. The summed E-state index contributed by atoms with van der Waals surface area (Å²) in [5, 5.41) is 20.7. The Morgan fingerprint density at radius 1 is 1.17 bits per heavy atom. The van der Waals surface area contributed by atoms with Crippen molar-refractivity contribution in [2.45, 2.75) is 6.92 Å². The molecule has 1 aromatic rings. The maximum atomic E-state index is 10.3. The Balaban J connectivity index is 0. The third-order valence-corrected chi connectivity index (χ3v) is 1.31. The molecule has 0 saturated carbocycles. The van der Waals surface area contributed by atoms with Gasteiger partial charge >= 0.3 is 103 Å². The molecule has 5 heteroatoms. The summed E-state index contributed by atoms with van der Waals surface area (Å²) in [6.07, 6.45) is 0. The van der Waals surface area contributed by atoms with E-state index in [0.29, 0.717) is 5.46 Å². The molecule has 1 rings (SSSR count). The van der Waals surface area contributed by atoms with Crippen LogP contribution in [-0.2, 0) is 0 Å². The third kappa shape index (κ3) is 6.05. The number of rotatable bonds is 1. The summed E-state index contributed by atoms with van der Waals surface area (Å²) in [6.45, 7) is 1.85. The fourth-order valence-electron chi connectivity index (χ4n) is 0.817. The van der Waals surface area contributed by atoms with Crippen LogP contribution in [0.2, 0.25) is 0 Å². The average molecular weight is 212 g/mol. The van der Waals surface area contributed by atoms with Crippen molar-refractivity contribution in [2.75, 3.05) is 0 Å². The van der Waals surface area contributed by atoms with E-state index >= 15 is 0 Å². The fourth-order valence-corrected chi connectivity index (χ4v) is 0.817. The molecular weight excluding hydrogens is 205 g/mol. The molecule has 0 atom stereocenters. The standard InChI is InChI=1S/C7H7BO2.2K/c1-6-3-2-4-7(5-6)8(9)10;;/h2-5H,1H3;;/q-2;2*+1. The second kappa shape index (κ2) is 8.76. The van der Waals surface area contributed by atoms with Gasteiger partial charge in [-0.15, -0.1) is 5.46 Å². The molecule has 0 spiro atoms. The molecule has 0 bridgehead atoms. The Bertz CT molecular complexity index is 230. The van der Waals surface area contributed by atoms with E-state index in [1.165, 1.54) is 0 Å². The van der Waals surface area contributed by atoms with Crippen molar-refractivity contribution < 1.29 is 113 Å². The summed E-state index contributed by atoms with van der Waals surface area (Å²) in [5.41, 5.74) is 1.27. The molecule has 1 aromatic carbocycles. The van der Waals surface area contributed by atoms with Gasteiger partial charge in [0, 0.05) is 0 Å². The van der Waals surface area contributed by atoms with E-state index in [2.05, 4.69) is 0 Å². The van der Waals surface area contributed by atoms with Gasteiger partial charge in [-0.05, 0) is 6.92 Å². The number of hydrogen-bond donors (Lipinski definition) is 0. The topological polar surface area (TPSA) is 46.1 Å². The van der Waals surface area contributed by atoms with Gasteiger partial charge < -0.3 is 10.0 Å². The predicted octanol–water partition coefficient (Wildman–Crippen LogP) is -7.58. The zero-order chi connectivity index (χ0) is 7.56. The van der Waals surface area contributed by atoms with Gasteiger partial charge in [-0.1, -0.05) is 36.9 Å². The van der Waals surface area contributed by atoms with E-state index < -0.39 is 7.12 Å². The Hall–Kier alpha value is 2.48. The van der Waals surface area contributed by atoms with Crippen LogP contribution in [0.25, 0.3) is 0 Å². The van der Waals surface area contributed by atoms with Gasteiger partial charge in [0.25, 0.3) is 0 Å². The minimum absolute atomic E-state index is 0. The summed E-state index contributed by atoms with van der Waals surface area (Å²) in [7, 11) is -1.85. The van der Waals surface area contributed by atoms with Crippen LogP contribution >= 0.6 is 0 Å². The maximum Gasteiger partial charge on any atom is 1.00 e. The van der Waals surface area contributed by atoms with Crippen LogP contribution in [0, 0.1) is 6.92 Å². The Kier molecular flexibility index (Phi) is 12.3. The first-order chi connectivity index (χ1) is 4.70. The quantitative estimate of drug-likeness (QED) is 0.434. The van der Waals surface area contributed by atoms with Crippen molar-refractivity contribution in [3.05, 3.63) is 29.8 Å². The normalized spacial score (nSPS) is 7.92. The molecule has 0 radical (unpaired) electrons. The Labute approximate surface area is 158 Å². The summed E-state index contributed by atoms with van der Waals surface area (Å²) in [6, 6.07) is 6.74. The fraction of sp³-hybridized carbons (Fsp3) is 0.143. The van der Waals surface area contributed by atoms with Crippen molar-refractivity contribution in [3.8, 4) is 0 Å². The zero-order valence-corrected chi connectivity index (χ0v) is 13.9. The summed E-state index contributed by atoms with van der Waals surface area (Å²) >= 11 is 0. The van der Waals surface area contributed by atoms with Crippen LogP contribution in [0.5, 0.6) is 0 Å². The van der Waals surface area contributed by atoms with Crippen LogP contribution in [0.15, 0.2) is 24.3 Å². The van der Waals surface area contributed by atoms with Gasteiger partial charge in [-0.2, -0.15) is 0 Å². The molecule has 0 amide bonds. The molecule has 0 N–H and O–H groups in total. The van der Waals surface area contributed by atoms with Crippen LogP contribution in [-0.4, -0.2) is 7.12 Å². The minimum atomic E-state index is -1.85. The SMILES string of the molecule is Cc1cccc(B([O-])[O-])c1.[K+].[K+]. The first-order valence-corrected chi connectivity index (χ1v) is 3.08. The predicted molar refractivity (Wildman–Crippen MR) is 36.6 cm³/mol. The molecule has 52 valence electrons. The van der Waals surface area contributed by atoms with E-state index in [9.17, 15) is 10.0 Å². The van der Waals surface area contributed by atoms with E-state index in [0.717, 1.165) is 5.56 Å². The van der Waals surface area contributed by atoms with E-state index in [1.54, 1.807) is 18.2 Å². The van der Waals surface area contributed by atoms with Crippen molar-refractivity contribution in [3.63, 3.8) is 0 Å². The first kappa shape index (κ1) is 16.9. The smallest absolute Gasteiger partial charge is 0.889 e. The van der Waals surface area contributed by atoms with Crippen molar-refractivity contribution >= 4 is 12.6 Å². The van der Waals surface area contributed by atoms with Crippen LogP contribution in [0.4, 0.5) is 0 Å². The zero-order valence-electron chi connectivity index (χ0n) is 7.70. The molecule has 0 aliphatic heterocycles. The Morgan fingerprint density at radius 2 is 1.75 bits per heavy atom. The van der Waals surface area contributed by atoms with Gasteiger partial charge in [-0.3, -0.25) is 0 Å². The molecule has 0 aliphatic carbocycles. The monoisotopic (exact) mass is 212 g/mol. The number of benzene rings is 1. The van der Waals surface area contributed by atoms with Crippen LogP contribution < -0.4 is 118 Å². The molecule has 0 saturated heterocycles. The van der Waals surface area contributed by atoms with Crippen LogP contribution in [0.1, 0.15) is 5.56 Å². The molecule has 0 unspecified atom stereocenters. The van der Waals surface area contributed by atoms with Crippen molar-refractivity contribution in [2.24, 2.45) is 0 Å². The van der Waals surface area contributed by atoms with Crippen LogP contribution in [0.3, 0.4) is 0 Å². The molecular formula is C7H7BK2O2. The second-order valence-electron chi connectivity index (χ2n) is 2.25. The maximum absolute atomic E-state index is 10.3. The van der Waals surface area contributed by atoms with E-state index in [-0.39, 0.29) is 103 Å². The van der Waals surface area contributed by atoms with E-state index in [4.69, 9.17) is 0 Å². The molecule has 0 heterocycles. The van der Waals surface area contributed by atoms with Crippen molar-refractivity contribution in [1.29, 1.82) is 0 Å². The number of aryl methyl sites for hydroxylation is 1. The average Bonchev–Trinajstić information content (AvgIpc) is 1.88. The summed E-state index contributed by atoms with van der Waals surface area (Å²) in [5.74, 6) is 0. The molecule has 2 nitrogen and oxygen atoms in total. The van der Waals surface area contributed by atoms with Crippen molar-refractivity contribution in [1.82, 2.24) is 0 Å².